The van der Waals surface area contributed by atoms with Crippen LogP contribution in [0.5, 0.6) is 0 Å². The Hall–Kier alpha value is -0.950. The smallest absolute Gasteiger partial charge is 0.243 e. The lowest BCUT2D eigenvalue weighted by Crippen LogP contribution is -2.51. The van der Waals surface area contributed by atoms with Crippen LogP contribution in [0.3, 0.4) is 0 Å². The van der Waals surface area contributed by atoms with Crippen LogP contribution in [0.2, 0.25) is 0 Å². The van der Waals surface area contributed by atoms with Crippen molar-refractivity contribution in [2.45, 2.75) is 43.7 Å². The van der Waals surface area contributed by atoms with E-state index in [1.54, 1.807) is 12.1 Å². The molecule has 1 aromatic rings. The van der Waals surface area contributed by atoms with Crippen molar-refractivity contribution in [2.75, 3.05) is 19.7 Å². The van der Waals surface area contributed by atoms with Gasteiger partial charge in [-0.3, -0.25) is 0 Å². The highest BCUT2D eigenvalue weighted by Crippen LogP contribution is 2.20. The van der Waals surface area contributed by atoms with Crippen LogP contribution in [0.4, 0.5) is 0 Å². The average molecular weight is 312 g/mol. The summed E-state index contributed by atoms with van der Waals surface area (Å²) in [4.78, 5) is 0.340. The molecule has 2 N–H and O–H groups in total. The summed E-state index contributed by atoms with van der Waals surface area (Å²) in [7, 11) is -3.46. The quantitative estimate of drug-likeness (QED) is 0.891. The van der Waals surface area contributed by atoms with Crippen molar-refractivity contribution < 1.29 is 13.2 Å². The zero-order chi connectivity index (χ0) is 15.5. The van der Waals surface area contributed by atoms with Crippen molar-refractivity contribution >= 4 is 10.0 Å². The predicted octanol–water partition coefficient (Wildman–Crippen LogP) is 1.38. The Balaban J connectivity index is 2.17. The molecule has 0 spiro atoms. The number of benzene rings is 1. The summed E-state index contributed by atoms with van der Waals surface area (Å²) < 4.78 is 32.3. The fourth-order valence-electron chi connectivity index (χ4n) is 2.45. The van der Waals surface area contributed by atoms with Gasteiger partial charge in [0.1, 0.15) is 0 Å². The van der Waals surface area contributed by atoms with Gasteiger partial charge in [0, 0.05) is 19.1 Å². The van der Waals surface area contributed by atoms with E-state index in [2.05, 4.69) is 6.92 Å². The van der Waals surface area contributed by atoms with Crippen LogP contribution in [0.25, 0.3) is 0 Å². The first-order chi connectivity index (χ1) is 9.95. The Morgan fingerprint density at radius 2 is 2.05 bits per heavy atom. The third-order valence-electron chi connectivity index (χ3n) is 3.74. The molecule has 2 atom stereocenters. The van der Waals surface area contributed by atoms with Crippen LogP contribution >= 0.6 is 0 Å². The van der Waals surface area contributed by atoms with Crippen LogP contribution < -0.4 is 5.73 Å². The van der Waals surface area contributed by atoms with Gasteiger partial charge in [-0.05, 0) is 31.0 Å². The van der Waals surface area contributed by atoms with Crippen molar-refractivity contribution in [1.29, 1.82) is 0 Å². The maximum absolute atomic E-state index is 12.7. The van der Waals surface area contributed by atoms with E-state index in [9.17, 15) is 8.42 Å². The van der Waals surface area contributed by atoms with Crippen molar-refractivity contribution in [1.82, 2.24) is 4.31 Å². The number of sulfonamides is 1. The van der Waals surface area contributed by atoms with Crippen LogP contribution in [-0.4, -0.2) is 44.6 Å². The standard InChI is InChI=1S/C15H24N2O3S/c1-3-4-13-5-7-14(8-6-13)21(18,19)17-9-10-20-15(11-17)12(2)16/h5-8,12,15H,3-4,9-11,16H2,1-2H3. The summed E-state index contributed by atoms with van der Waals surface area (Å²) in [6, 6.07) is 6.97. The normalized spacial score (nSPS) is 22.1. The van der Waals surface area contributed by atoms with Crippen LogP contribution in [0.1, 0.15) is 25.8 Å². The van der Waals surface area contributed by atoms with Gasteiger partial charge >= 0.3 is 0 Å². The fraction of sp³-hybridized carbons (Fsp3) is 0.600. The number of hydrogen-bond acceptors (Lipinski definition) is 4. The minimum Gasteiger partial charge on any atom is -0.374 e. The van der Waals surface area contributed by atoms with Crippen LogP contribution in [0.15, 0.2) is 29.2 Å². The van der Waals surface area contributed by atoms with E-state index in [4.69, 9.17) is 10.5 Å². The summed E-state index contributed by atoms with van der Waals surface area (Å²) in [5.74, 6) is 0. The molecule has 2 unspecified atom stereocenters. The Labute approximate surface area is 127 Å². The number of nitrogens with zero attached hydrogens (tertiary/aromatic N) is 1. The van der Waals surface area contributed by atoms with Gasteiger partial charge in [-0.1, -0.05) is 25.5 Å². The molecule has 1 aromatic carbocycles. The van der Waals surface area contributed by atoms with E-state index in [0.29, 0.717) is 24.6 Å². The molecule has 0 bridgehead atoms. The lowest BCUT2D eigenvalue weighted by molar-refractivity contribution is -0.0120. The minimum absolute atomic E-state index is 0.185. The number of ether oxygens (including phenoxy) is 1. The molecule has 1 heterocycles. The molecule has 1 aliphatic heterocycles. The SMILES string of the molecule is CCCc1ccc(S(=O)(=O)N2CCOC(C(C)N)C2)cc1. The van der Waals surface area contributed by atoms with Crippen molar-refractivity contribution in [3.05, 3.63) is 29.8 Å². The van der Waals surface area contributed by atoms with E-state index in [1.807, 2.05) is 19.1 Å². The third kappa shape index (κ3) is 3.83. The van der Waals surface area contributed by atoms with Gasteiger partial charge in [-0.2, -0.15) is 4.31 Å². The van der Waals surface area contributed by atoms with Crippen LogP contribution in [0, 0.1) is 0 Å². The average Bonchev–Trinajstić information content (AvgIpc) is 2.48. The molecule has 1 aliphatic rings. The summed E-state index contributed by atoms with van der Waals surface area (Å²) in [5.41, 5.74) is 6.98. The monoisotopic (exact) mass is 312 g/mol. The van der Waals surface area contributed by atoms with E-state index >= 15 is 0 Å². The number of morpholine rings is 1. The van der Waals surface area contributed by atoms with Crippen molar-refractivity contribution in [3.8, 4) is 0 Å². The molecular formula is C15H24N2O3S. The molecule has 0 aromatic heterocycles. The second kappa shape index (κ2) is 6.87. The van der Waals surface area contributed by atoms with Gasteiger partial charge < -0.3 is 10.5 Å². The topological polar surface area (TPSA) is 72.6 Å². The Morgan fingerprint density at radius 3 is 2.62 bits per heavy atom. The Bertz CT molecular complexity index is 555. The van der Waals surface area contributed by atoms with E-state index in [0.717, 1.165) is 18.4 Å². The molecule has 0 aliphatic carbocycles. The second-order valence-electron chi connectivity index (χ2n) is 5.53. The predicted molar refractivity (Wildman–Crippen MR) is 82.6 cm³/mol. The molecule has 1 saturated heterocycles. The number of rotatable bonds is 5. The second-order valence-corrected chi connectivity index (χ2v) is 7.46. The molecule has 21 heavy (non-hydrogen) atoms. The summed E-state index contributed by atoms with van der Waals surface area (Å²) in [6.07, 6.45) is 1.77. The maximum Gasteiger partial charge on any atom is 0.243 e. The van der Waals surface area contributed by atoms with Gasteiger partial charge in [0.2, 0.25) is 10.0 Å². The highest BCUT2D eigenvalue weighted by atomic mass is 32.2. The molecule has 6 heteroatoms. The lowest BCUT2D eigenvalue weighted by Gasteiger charge is -2.33. The summed E-state index contributed by atoms with van der Waals surface area (Å²) in [5, 5.41) is 0. The molecule has 0 saturated carbocycles. The highest BCUT2D eigenvalue weighted by molar-refractivity contribution is 7.89. The van der Waals surface area contributed by atoms with Gasteiger partial charge in [0.15, 0.2) is 0 Å². The molecule has 1 fully saturated rings. The minimum atomic E-state index is -3.46. The van der Waals surface area contributed by atoms with Gasteiger partial charge in [0.05, 0.1) is 17.6 Å². The first-order valence-electron chi connectivity index (χ1n) is 7.41. The van der Waals surface area contributed by atoms with Gasteiger partial charge in [0.25, 0.3) is 0 Å². The Kier molecular flexibility index (Phi) is 5.37. The largest absolute Gasteiger partial charge is 0.374 e. The van der Waals surface area contributed by atoms with Gasteiger partial charge in [-0.25, -0.2) is 8.42 Å². The maximum atomic E-state index is 12.7. The lowest BCUT2D eigenvalue weighted by atomic mass is 10.1. The summed E-state index contributed by atoms with van der Waals surface area (Å²) >= 11 is 0. The van der Waals surface area contributed by atoms with E-state index in [1.165, 1.54) is 4.31 Å². The van der Waals surface area contributed by atoms with E-state index < -0.39 is 10.0 Å². The van der Waals surface area contributed by atoms with E-state index in [-0.39, 0.29) is 12.1 Å². The first-order valence-corrected chi connectivity index (χ1v) is 8.85. The van der Waals surface area contributed by atoms with Gasteiger partial charge in [-0.15, -0.1) is 0 Å². The molecule has 2 rings (SSSR count). The molecular weight excluding hydrogens is 288 g/mol. The fourth-order valence-corrected chi connectivity index (χ4v) is 3.89. The molecule has 5 nitrogen and oxygen atoms in total. The Morgan fingerprint density at radius 1 is 1.38 bits per heavy atom. The van der Waals surface area contributed by atoms with Crippen molar-refractivity contribution in [3.63, 3.8) is 0 Å². The number of hydrogen-bond donors (Lipinski definition) is 1. The zero-order valence-electron chi connectivity index (χ0n) is 12.7. The number of aryl methyl sites for hydroxylation is 1. The third-order valence-corrected chi connectivity index (χ3v) is 5.62. The number of nitrogens with two attached hydrogens (primary N) is 1. The molecule has 118 valence electrons. The first kappa shape index (κ1) is 16.4. The van der Waals surface area contributed by atoms with Crippen LogP contribution in [-0.2, 0) is 21.2 Å². The molecule has 0 amide bonds. The highest BCUT2D eigenvalue weighted by Gasteiger charge is 2.32. The zero-order valence-corrected chi connectivity index (χ0v) is 13.5. The summed E-state index contributed by atoms with van der Waals surface area (Å²) in [6.45, 7) is 5.02. The molecule has 0 radical (unpaired) electrons. The van der Waals surface area contributed by atoms with Crippen molar-refractivity contribution in [2.24, 2.45) is 5.73 Å².